The third-order valence-corrected chi connectivity index (χ3v) is 4.16. The first-order valence-corrected chi connectivity index (χ1v) is 7.27. The number of hydrogen-bond acceptors (Lipinski definition) is 3. The molecule has 1 aromatic rings. The van der Waals surface area contributed by atoms with E-state index in [1.807, 2.05) is 12.1 Å². The summed E-state index contributed by atoms with van der Waals surface area (Å²) in [5.41, 5.74) is 1.91. The Bertz CT molecular complexity index is 459. The van der Waals surface area contributed by atoms with Gasteiger partial charge in [0.2, 0.25) is 0 Å². The minimum absolute atomic E-state index is 0. The van der Waals surface area contributed by atoms with Crippen molar-refractivity contribution < 1.29 is 9.53 Å². The van der Waals surface area contributed by atoms with Crippen LogP contribution in [-0.4, -0.2) is 38.3 Å². The maximum absolute atomic E-state index is 12.4. The third kappa shape index (κ3) is 4.43. The van der Waals surface area contributed by atoms with Gasteiger partial charge < -0.3 is 15.4 Å². The van der Waals surface area contributed by atoms with Crippen molar-refractivity contribution in [2.45, 2.75) is 31.8 Å². The maximum Gasteiger partial charge on any atom is 0.252 e. The van der Waals surface area contributed by atoms with Crippen molar-refractivity contribution >= 4 is 18.3 Å². The Balaban J connectivity index is 0.00000220. The molecule has 1 aromatic carbocycles. The molecule has 0 aliphatic carbocycles. The van der Waals surface area contributed by atoms with Gasteiger partial charge >= 0.3 is 0 Å². The van der Waals surface area contributed by atoms with Gasteiger partial charge in [-0.15, -0.1) is 12.4 Å². The zero-order valence-corrected chi connectivity index (χ0v) is 13.6. The molecule has 0 radical (unpaired) electrons. The molecule has 0 unspecified atom stereocenters. The number of carbonyl (C=O) groups is 1. The molecule has 0 spiro atoms. The van der Waals surface area contributed by atoms with Crippen LogP contribution in [-0.2, 0) is 16.0 Å². The number of rotatable bonds is 5. The fraction of sp³-hybridized carbons (Fsp3) is 0.562. The van der Waals surface area contributed by atoms with E-state index in [0.29, 0.717) is 6.54 Å². The highest BCUT2D eigenvalue weighted by Gasteiger charge is 2.39. The second kappa shape index (κ2) is 8.37. The van der Waals surface area contributed by atoms with Crippen molar-refractivity contribution in [3.05, 3.63) is 35.4 Å². The molecule has 1 fully saturated rings. The van der Waals surface area contributed by atoms with Crippen LogP contribution in [0.1, 0.15) is 24.0 Å². The number of hydrogen-bond donors (Lipinski definition) is 2. The van der Waals surface area contributed by atoms with Crippen molar-refractivity contribution in [2.24, 2.45) is 0 Å². The number of amides is 1. The zero-order chi connectivity index (χ0) is 14.4. The Hall–Kier alpha value is -1.10. The molecular formula is C16H25ClN2O2. The number of nitrogens with one attached hydrogen (secondary N) is 2. The number of piperidine rings is 1. The quantitative estimate of drug-likeness (QED) is 0.872. The van der Waals surface area contributed by atoms with Gasteiger partial charge in [-0.1, -0.05) is 24.3 Å². The monoisotopic (exact) mass is 312 g/mol. The molecule has 4 nitrogen and oxygen atoms in total. The number of benzene rings is 1. The first-order chi connectivity index (χ1) is 9.68. The van der Waals surface area contributed by atoms with Crippen LogP contribution in [0, 0.1) is 6.92 Å². The summed E-state index contributed by atoms with van der Waals surface area (Å²) in [6, 6.07) is 8.28. The smallest absolute Gasteiger partial charge is 0.252 e. The Morgan fingerprint density at radius 1 is 1.33 bits per heavy atom. The largest absolute Gasteiger partial charge is 0.368 e. The summed E-state index contributed by atoms with van der Waals surface area (Å²) in [5, 5.41) is 6.29. The highest BCUT2D eigenvalue weighted by Crippen LogP contribution is 2.22. The fourth-order valence-corrected chi connectivity index (χ4v) is 2.72. The predicted octanol–water partition coefficient (Wildman–Crippen LogP) is 1.84. The molecule has 1 amide bonds. The average Bonchev–Trinajstić information content (AvgIpc) is 2.49. The highest BCUT2D eigenvalue weighted by atomic mass is 35.5. The fourth-order valence-electron chi connectivity index (χ4n) is 2.72. The lowest BCUT2D eigenvalue weighted by atomic mass is 9.91. The predicted molar refractivity (Wildman–Crippen MR) is 87.0 cm³/mol. The number of aryl methyl sites for hydroxylation is 1. The average molecular weight is 313 g/mol. The topological polar surface area (TPSA) is 50.4 Å². The van der Waals surface area contributed by atoms with Crippen LogP contribution >= 0.6 is 12.4 Å². The highest BCUT2D eigenvalue weighted by molar-refractivity contribution is 5.85. The first kappa shape index (κ1) is 18.0. The summed E-state index contributed by atoms with van der Waals surface area (Å²) in [6.45, 7) is 4.42. The second-order valence-electron chi connectivity index (χ2n) is 5.38. The lowest BCUT2D eigenvalue weighted by Gasteiger charge is -2.34. The maximum atomic E-state index is 12.4. The summed E-state index contributed by atoms with van der Waals surface area (Å²) in [7, 11) is 1.63. The minimum Gasteiger partial charge on any atom is -0.368 e. The summed E-state index contributed by atoms with van der Waals surface area (Å²) >= 11 is 0. The Kier molecular flexibility index (Phi) is 7.15. The molecule has 1 heterocycles. The van der Waals surface area contributed by atoms with Crippen molar-refractivity contribution in [1.29, 1.82) is 0 Å². The Labute approximate surface area is 133 Å². The number of halogens is 1. The van der Waals surface area contributed by atoms with Crippen molar-refractivity contribution in [3.63, 3.8) is 0 Å². The summed E-state index contributed by atoms with van der Waals surface area (Å²) in [6.07, 6.45) is 2.33. The molecular weight excluding hydrogens is 288 g/mol. The van der Waals surface area contributed by atoms with Crippen LogP contribution in [0.25, 0.3) is 0 Å². The van der Waals surface area contributed by atoms with Crippen LogP contribution in [0.2, 0.25) is 0 Å². The van der Waals surface area contributed by atoms with Crippen LogP contribution in [0.4, 0.5) is 0 Å². The normalized spacial score (nSPS) is 16.9. The second-order valence-corrected chi connectivity index (χ2v) is 5.38. The molecule has 0 bridgehead atoms. The van der Waals surface area contributed by atoms with Gasteiger partial charge in [0.15, 0.2) is 0 Å². The van der Waals surface area contributed by atoms with E-state index in [1.54, 1.807) is 7.11 Å². The van der Waals surface area contributed by atoms with E-state index in [4.69, 9.17) is 4.74 Å². The summed E-state index contributed by atoms with van der Waals surface area (Å²) in [5.74, 6) is 0.0232. The molecule has 118 valence electrons. The van der Waals surface area contributed by atoms with E-state index >= 15 is 0 Å². The van der Waals surface area contributed by atoms with Gasteiger partial charge in [-0.2, -0.15) is 0 Å². The van der Waals surface area contributed by atoms with Gasteiger partial charge in [0.1, 0.15) is 5.60 Å². The van der Waals surface area contributed by atoms with Crippen LogP contribution in [0.3, 0.4) is 0 Å². The SMILES string of the molecule is COC1(C(=O)NCCc2ccccc2C)CCNCC1.Cl. The summed E-state index contributed by atoms with van der Waals surface area (Å²) in [4.78, 5) is 12.4. The number of methoxy groups -OCH3 is 1. The van der Waals surface area contributed by atoms with E-state index in [9.17, 15) is 4.79 Å². The molecule has 2 rings (SSSR count). The van der Waals surface area contributed by atoms with Gasteiger partial charge in [-0.05, 0) is 50.4 Å². The lowest BCUT2D eigenvalue weighted by molar-refractivity contribution is -0.146. The molecule has 1 aliphatic rings. The van der Waals surface area contributed by atoms with E-state index < -0.39 is 5.60 Å². The van der Waals surface area contributed by atoms with Crippen LogP contribution in [0.5, 0.6) is 0 Å². The number of ether oxygens (including phenoxy) is 1. The van der Waals surface area contributed by atoms with E-state index in [0.717, 1.165) is 32.4 Å². The van der Waals surface area contributed by atoms with Crippen molar-refractivity contribution in [1.82, 2.24) is 10.6 Å². The third-order valence-electron chi connectivity index (χ3n) is 4.16. The molecule has 1 saturated heterocycles. The van der Waals surface area contributed by atoms with Gasteiger partial charge in [0.05, 0.1) is 0 Å². The first-order valence-electron chi connectivity index (χ1n) is 7.27. The van der Waals surface area contributed by atoms with Crippen molar-refractivity contribution in [3.8, 4) is 0 Å². The van der Waals surface area contributed by atoms with Gasteiger partial charge in [0.25, 0.3) is 5.91 Å². The van der Waals surface area contributed by atoms with Crippen LogP contribution in [0.15, 0.2) is 24.3 Å². The molecule has 1 aliphatic heterocycles. The molecule has 5 heteroatoms. The molecule has 0 saturated carbocycles. The van der Waals surface area contributed by atoms with E-state index in [2.05, 4.69) is 29.7 Å². The Morgan fingerprint density at radius 3 is 2.62 bits per heavy atom. The van der Waals surface area contributed by atoms with Crippen molar-refractivity contribution in [2.75, 3.05) is 26.7 Å². The van der Waals surface area contributed by atoms with Gasteiger partial charge in [0, 0.05) is 13.7 Å². The molecule has 0 atom stereocenters. The van der Waals surface area contributed by atoms with E-state index in [1.165, 1.54) is 11.1 Å². The van der Waals surface area contributed by atoms with Gasteiger partial charge in [-0.25, -0.2) is 0 Å². The van der Waals surface area contributed by atoms with Crippen LogP contribution < -0.4 is 10.6 Å². The standard InChI is InChI=1S/C16H24N2O2.ClH/c1-13-5-3-4-6-14(13)7-10-18-15(19)16(20-2)8-11-17-12-9-16;/h3-6,17H,7-12H2,1-2H3,(H,18,19);1H. The lowest BCUT2D eigenvalue weighted by Crippen LogP contribution is -2.54. The Morgan fingerprint density at radius 2 is 2.00 bits per heavy atom. The van der Waals surface area contributed by atoms with E-state index in [-0.39, 0.29) is 18.3 Å². The molecule has 2 N–H and O–H groups in total. The molecule has 0 aromatic heterocycles. The molecule has 21 heavy (non-hydrogen) atoms. The van der Waals surface area contributed by atoms with Gasteiger partial charge in [-0.3, -0.25) is 4.79 Å². The zero-order valence-electron chi connectivity index (χ0n) is 12.8. The summed E-state index contributed by atoms with van der Waals surface area (Å²) < 4.78 is 5.52. The number of carbonyl (C=O) groups excluding carboxylic acids is 1. The minimum atomic E-state index is -0.642.